The number of nitrogens with zero attached hydrogens (tertiary/aromatic N) is 4. The summed E-state index contributed by atoms with van der Waals surface area (Å²) in [7, 11) is 0. The van der Waals surface area contributed by atoms with Crippen molar-refractivity contribution in [2.75, 3.05) is 5.75 Å². The normalized spacial score (nSPS) is 14.0. The molecule has 0 unspecified atom stereocenters. The van der Waals surface area contributed by atoms with E-state index in [0.717, 1.165) is 40.7 Å². The Labute approximate surface area is 227 Å². The first-order valence-corrected chi connectivity index (χ1v) is 13.9. The highest BCUT2D eigenvalue weighted by atomic mass is 32.2. The second kappa shape index (κ2) is 12.6. The summed E-state index contributed by atoms with van der Waals surface area (Å²) in [5.41, 5.74) is 5.71. The van der Waals surface area contributed by atoms with Crippen LogP contribution in [-0.2, 0) is 4.79 Å². The first kappa shape index (κ1) is 25.7. The van der Waals surface area contributed by atoms with Crippen LogP contribution in [0, 0.1) is 6.92 Å². The number of thioether (sulfide) groups is 1. The van der Waals surface area contributed by atoms with Crippen LogP contribution in [0.4, 0.5) is 0 Å². The van der Waals surface area contributed by atoms with Gasteiger partial charge in [0.15, 0.2) is 11.0 Å². The lowest BCUT2D eigenvalue weighted by molar-refractivity contribution is -0.118. The van der Waals surface area contributed by atoms with Crippen molar-refractivity contribution in [3.8, 4) is 22.9 Å². The molecule has 1 fully saturated rings. The summed E-state index contributed by atoms with van der Waals surface area (Å²) in [6, 6.07) is 25.9. The predicted octanol–water partition coefficient (Wildman–Crippen LogP) is 6.79. The molecule has 1 N–H and O–H groups in total. The van der Waals surface area contributed by atoms with Gasteiger partial charge in [-0.05, 0) is 49.6 Å². The van der Waals surface area contributed by atoms with E-state index in [-0.39, 0.29) is 11.7 Å². The maximum Gasteiger partial charge on any atom is 0.250 e. The largest absolute Gasteiger partial charge is 0.457 e. The highest BCUT2D eigenvalue weighted by molar-refractivity contribution is 7.99. The summed E-state index contributed by atoms with van der Waals surface area (Å²) in [6.45, 7) is 2.08. The zero-order valence-corrected chi connectivity index (χ0v) is 22.2. The third-order valence-corrected chi connectivity index (χ3v) is 7.43. The van der Waals surface area contributed by atoms with Crippen molar-refractivity contribution in [1.29, 1.82) is 0 Å². The third kappa shape index (κ3) is 6.69. The van der Waals surface area contributed by atoms with E-state index >= 15 is 0 Å². The van der Waals surface area contributed by atoms with Gasteiger partial charge in [-0.2, -0.15) is 5.10 Å². The quantitative estimate of drug-likeness (QED) is 0.148. The minimum atomic E-state index is -0.196. The standard InChI is InChI=1S/C30H31N5O2S/c1-22-15-17-24(18-16-22)29-33-34-30(35(29)25-10-4-2-5-11-25)38-21-28(36)32-31-20-23-9-8-14-27(19-23)37-26-12-6-3-7-13-26/h3,6-9,12-20,25H,2,4-5,10-11,21H2,1H3,(H,32,36). The van der Waals surface area contributed by atoms with E-state index in [9.17, 15) is 4.79 Å². The highest BCUT2D eigenvalue weighted by Crippen LogP contribution is 2.35. The van der Waals surface area contributed by atoms with E-state index in [1.165, 1.54) is 36.6 Å². The lowest BCUT2D eigenvalue weighted by Crippen LogP contribution is -2.20. The van der Waals surface area contributed by atoms with E-state index in [1.807, 2.05) is 54.6 Å². The number of hydrogen-bond acceptors (Lipinski definition) is 6. The molecule has 0 saturated heterocycles. The number of hydrazone groups is 1. The number of nitrogens with one attached hydrogen (secondary N) is 1. The number of carbonyl (C=O) groups excluding carboxylic acids is 1. The molecule has 1 aromatic heterocycles. The molecule has 0 aliphatic heterocycles. The van der Waals surface area contributed by atoms with Gasteiger partial charge in [-0.1, -0.05) is 91.2 Å². The molecule has 0 atom stereocenters. The van der Waals surface area contributed by atoms with Crippen LogP contribution in [0.3, 0.4) is 0 Å². The molecule has 0 radical (unpaired) electrons. The lowest BCUT2D eigenvalue weighted by Gasteiger charge is -2.25. The number of para-hydroxylation sites is 1. The Hall–Kier alpha value is -3.91. The van der Waals surface area contributed by atoms with Crippen LogP contribution in [0.15, 0.2) is 89.1 Å². The summed E-state index contributed by atoms with van der Waals surface area (Å²) in [6.07, 6.45) is 7.49. The molecular weight excluding hydrogens is 494 g/mol. The molecule has 1 aliphatic rings. The molecule has 4 aromatic rings. The monoisotopic (exact) mass is 525 g/mol. The van der Waals surface area contributed by atoms with Crippen molar-refractivity contribution >= 4 is 23.9 Å². The van der Waals surface area contributed by atoms with Gasteiger partial charge in [0.25, 0.3) is 5.91 Å². The van der Waals surface area contributed by atoms with Crippen LogP contribution in [-0.4, -0.2) is 32.6 Å². The fourth-order valence-electron chi connectivity index (χ4n) is 4.57. The van der Waals surface area contributed by atoms with Crippen LogP contribution in [0.2, 0.25) is 0 Å². The Morgan fingerprint density at radius 2 is 1.76 bits per heavy atom. The number of hydrogen-bond donors (Lipinski definition) is 1. The topological polar surface area (TPSA) is 81.4 Å². The molecule has 8 heteroatoms. The molecule has 7 nitrogen and oxygen atoms in total. The minimum absolute atomic E-state index is 0.196. The van der Waals surface area contributed by atoms with Crippen LogP contribution in [0.25, 0.3) is 11.4 Å². The first-order valence-electron chi connectivity index (χ1n) is 13.0. The number of amides is 1. The molecule has 1 heterocycles. The Morgan fingerprint density at radius 3 is 2.55 bits per heavy atom. The molecule has 194 valence electrons. The van der Waals surface area contributed by atoms with Crippen molar-refractivity contribution in [2.24, 2.45) is 5.10 Å². The van der Waals surface area contributed by atoms with Gasteiger partial charge in [0.05, 0.1) is 12.0 Å². The molecule has 1 saturated carbocycles. The Bertz CT molecular complexity index is 1380. The van der Waals surface area contributed by atoms with Crippen LogP contribution >= 0.6 is 11.8 Å². The van der Waals surface area contributed by atoms with Gasteiger partial charge in [-0.3, -0.25) is 9.36 Å². The van der Waals surface area contributed by atoms with Crippen LogP contribution in [0.1, 0.15) is 49.3 Å². The molecular formula is C30H31N5O2S. The molecule has 0 bridgehead atoms. The van der Waals surface area contributed by atoms with Crippen molar-refractivity contribution < 1.29 is 9.53 Å². The van der Waals surface area contributed by atoms with E-state index < -0.39 is 0 Å². The van der Waals surface area contributed by atoms with E-state index in [0.29, 0.717) is 11.8 Å². The number of aryl methyl sites for hydroxylation is 1. The first-order chi connectivity index (χ1) is 18.7. The fraction of sp³-hybridized carbons (Fsp3) is 0.267. The lowest BCUT2D eigenvalue weighted by atomic mass is 9.95. The van der Waals surface area contributed by atoms with E-state index in [2.05, 4.69) is 56.5 Å². The molecule has 0 spiro atoms. The Morgan fingerprint density at radius 1 is 1.00 bits per heavy atom. The maximum atomic E-state index is 12.6. The van der Waals surface area contributed by atoms with Crippen LogP contribution < -0.4 is 10.2 Å². The Balaban J connectivity index is 1.21. The summed E-state index contributed by atoms with van der Waals surface area (Å²) < 4.78 is 8.11. The SMILES string of the molecule is Cc1ccc(-c2nnc(SCC(=O)NN=Cc3cccc(Oc4ccccc4)c3)n2C2CCCCC2)cc1. The van der Waals surface area contributed by atoms with Gasteiger partial charge in [0.2, 0.25) is 0 Å². The number of carbonyl (C=O) groups is 1. The summed E-state index contributed by atoms with van der Waals surface area (Å²) >= 11 is 1.40. The van der Waals surface area contributed by atoms with E-state index in [4.69, 9.17) is 4.74 Å². The zero-order valence-electron chi connectivity index (χ0n) is 21.4. The zero-order chi connectivity index (χ0) is 26.2. The molecule has 38 heavy (non-hydrogen) atoms. The second-order valence-electron chi connectivity index (χ2n) is 9.40. The van der Waals surface area contributed by atoms with Gasteiger partial charge >= 0.3 is 0 Å². The average molecular weight is 526 g/mol. The average Bonchev–Trinajstić information content (AvgIpc) is 3.37. The van der Waals surface area contributed by atoms with Gasteiger partial charge in [0.1, 0.15) is 11.5 Å². The van der Waals surface area contributed by atoms with Gasteiger partial charge in [-0.25, -0.2) is 5.43 Å². The maximum absolute atomic E-state index is 12.6. The minimum Gasteiger partial charge on any atom is -0.457 e. The second-order valence-corrected chi connectivity index (χ2v) is 10.3. The summed E-state index contributed by atoms with van der Waals surface area (Å²) in [4.78, 5) is 12.6. The predicted molar refractivity (Wildman–Crippen MR) is 152 cm³/mol. The molecule has 1 aliphatic carbocycles. The molecule has 5 rings (SSSR count). The van der Waals surface area contributed by atoms with Gasteiger partial charge < -0.3 is 4.74 Å². The Kier molecular flexibility index (Phi) is 8.50. The summed E-state index contributed by atoms with van der Waals surface area (Å²) in [5, 5.41) is 13.9. The number of benzene rings is 3. The number of ether oxygens (including phenoxy) is 1. The number of aromatic nitrogens is 3. The van der Waals surface area contributed by atoms with Gasteiger partial charge in [-0.15, -0.1) is 10.2 Å². The summed E-state index contributed by atoms with van der Waals surface area (Å²) in [5.74, 6) is 2.34. The molecule has 3 aromatic carbocycles. The fourth-order valence-corrected chi connectivity index (χ4v) is 5.37. The van der Waals surface area contributed by atoms with Crippen molar-refractivity contribution in [2.45, 2.75) is 50.2 Å². The van der Waals surface area contributed by atoms with Crippen LogP contribution in [0.5, 0.6) is 11.5 Å². The van der Waals surface area contributed by atoms with E-state index in [1.54, 1.807) is 6.21 Å². The smallest absolute Gasteiger partial charge is 0.250 e. The number of rotatable bonds is 9. The highest BCUT2D eigenvalue weighted by Gasteiger charge is 2.24. The van der Waals surface area contributed by atoms with Crippen molar-refractivity contribution in [3.05, 3.63) is 90.0 Å². The third-order valence-electron chi connectivity index (χ3n) is 6.49. The van der Waals surface area contributed by atoms with Crippen molar-refractivity contribution in [1.82, 2.24) is 20.2 Å². The molecule has 1 amide bonds. The van der Waals surface area contributed by atoms with Gasteiger partial charge in [0, 0.05) is 11.6 Å². The van der Waals surface area contributed by atoms with Crippen molar-refractivity contribution in [3.63, 3.8) is 0 Å².